The first-order chi connectivity index (χ1) is 10.8. The maximum absolute atomic E-state index is 12.1. The van der Waals surface area contributed by atoms with E-state index in [4.69, 9.17) is 0 Å². The molecule has 0 saturated carbocycles. The van der Waals surface area contributed by atoms with Crippen molar-refractivity contribution in [3.05, 3.63) is 53.6 Å². The zero-order valence-electron chi connectivity index (χ0n) is 12.8. The van der Waals surface area contributed by atoms with Gasteiger partial charge >= 0.3 is 0 Å². The second-order valence-electron chi connectivity index (χ2n) is 5.29. The molecule has 0 fully saturated rings. The Labute approximate surface area is 135 Å². The van der Waals surface area contributed by atoms with E-state index in [1.807, 2.05) is 13.8 Å². The van der Waals surface area contributed by atoms with Gasteiger partial charge in [0.25, 0.3) is 10.0 Å². The van der Waals surface area contributed by atoms with Crippen LogP contribution in [0.15, 0.2) is 52.5 Å². The molecule has 2 aromatic rings. The number of para-hydroxylation sites is 1. The molecule has 122 valence electrons. The molecule has 0 aromatic heterocycles. The summed E-state index contributed by atoms with van der Waals surface area (Å²) in [7, 11) is -3.79. The molecule has 7 heteroatoms. The summed E-state index contributed by atoms with van der Waals surface area (Å²) in [5.74, 6) is -0.357. The molecule has 0 amide bonds. The first-order valence-corrected chi connectivity index (χ1v) is 8.45. The second kappa shape index (κ2) is 6.70. The Balaban J connectivity index is 2.15. The van der Waals surface area contributed by atoms with Gasteiger partial charge in [-0.05, 0) is 35.7 Å². The molecule has 0 aliphatic carbocycles. The fourth-order valence-electron chi connectivity index (χ4n) is 1.90. The number of hydrogen-bond donors (Lipinski definition) is 3. The average molecular weight is 334 g/mol. The van der Waals surface area contributed by atoms with Crippen LogP contribution in [-0.2, 0) is 10.0 Å². The number of phenols is 2. The van der Waals surface area contributed by atoms with Crippen LogP contribution in [0, 0.1) is 0 Å². The summed E-state index contributed by atoms with van der Waals surface area (Å²) in [4.78, 5) is 2.16. The Morgan fingerprint density at radius 2 is 1.74 bits per heavy atom. The number of nitrogens with one attached hydrogen (secondary N) is 1. The SMILES string of the molecule is CC(C)c1ccc(S(=O)(=O)N/N=C/c2cccc(O)c2O)cc1. The maximum atomic E-state index is 12.1. The van der Waals surface area contributed by atoms with Gasteiger partial charge in [0.2, 0.25) is 0 Å². The van der Waals surface area contributed by atoms with Crippen LogP contribution in [0.3, 0.4) is 0 Å². The van der Waals surface area contributed by atoms with Crippen molar-refractivity contribution in [1.82, 2.24) is 4.83 Å². The van der Waals surface area contributed by atoms with E-state index in [9.17, 15) is 18.6 Å². The molecule has 0 saturated heterocycles. The minimum Gasteiger partial charge on any atom is -0.504 e. The van der Waals surface area contributed by atoms with E-state index in [2.05, 4.69) is 9.93 Å². The topological polar surface area (TPSA) is 99.0 Å². The molecule has 0 heterocycles. The molecule has 2 rings (SSSR count). The van der Waals surface area contributed by atoms with E-state index in [-0.39, 0.29) is 22.0 Å². The minimum atomic E-state index is -3.79. The lowest BCUT2D eigenvalue weighted by atomic mass is 10.0. The van der Waals surface area contributed by atoms with Crippen molar-refractivity contribution in [3.63, 3.8) is 0 Å². The standard InChI is InChI=1S/C16H18N2O4S/c1-11(2)12-6-8-14(9-7-12)23(21,22)18-17-10-13-4-3-5-15(19)16(13)20/h3-11,18-20H,1-2H3/b17-10+. The van der Waals surface area contributed by atoms with Gasteiger partial charge in [0, 0.05) is 5.56 Å². The first kappa shape index (κ1) is 16.8. The van der Waals surface area contributed by atoms with Gasteiger partial charge in [0.1, 0.15) is 0 Å². The van der Waals surface area contributed by atoms with Gasteiger partial charge in [0.15, 0.2) is 11.5 Å². The lowest BCUT2D eigenvalue weighted by Crippen LogP contribution is -2.18. The molecule has 0 unspecified atom stereocenters. The fourth-order valence-corrected chi connectivity index (χ4v) is 2.69. The highest BCUT2D eigenvalue weighted by molar-refractivity contribution is 7.89. The van der Waals surface area contributed by atoms with Crippen LogP contribution in [0.5, 0.6) is 11.5 Å². The summed E-state index contributed by atoms with van der Waals surface area (Å²) in [6.45, 7) is 4.04. The molecule has 0 atom stereocenters. The normalized spacial score (nSPS) is 12.0. The highest BCUT2D eigenvalue weighted by Crippen LogP contribution is 2.26. The van der Waals surface area contributed by atoms with Crippen LogP contribution in [0.25, 0.3) is 0 Å². The van der Waals surface area contributed by atoms with Gasteiger partial charge in [-0.25, -0.2) is 4.83 Å². The number of benzene rings is 2. The molecule has 0 spiro atoms. The number of hydrogen-bond acceptors (Lipinski definition) is 5. The molecule has 23 heavy (non-hydrogen) atoms. The Kier molecular flexibility index (Phi) is 4.90. The predicted octanol–water partition coefficient (Wildman–Crippen LogP) is 2.53. The molecule has 0 aliphatic rings. The number of sulfonamides is 1. The van der Waals surface area contributed by atoms with E-state index >= 15 is 0 Å². The van der Waals surface area contributed by atoms with Crippen molar-refractivity contribution in [1.29, 1.82) is 0 Å². The number of rotatable bonds is 5. The van der Waals surface area contributed by atoms with Crippen LogP contribution >= 0.6 is 0 Å². The summed E-state index contributed by atoms with van der Waals surface area (Å²) in [6, 6.07) is 10.8. The van der Waals surface area contributed by atoms with Crippen molar-refractivity contribution in [2.45, 2.75) is 24.7 Å². The van der Waals surface area contributed by atoms with Crippen molar-refractivity contribution >= 4 is 16.2 Å². The van der Waals surface area contributed by atoms with Crippen molar-refractivity contribution < 1.29 is 18.6 Å². The van der Waals surface area contributed by atoms with Crippen LogP contribution < -0.4 is 4.83 Å². The highest BCUT2D eigenvalue weighted by Gasteiger charge is 2.13. The lowest BCUT2D eigenvalue weighted by Gasteiger charge is -2.07. The summed E-state index contributed by atoms with van der Waals surface area (Å²) < 4.78 is 24.2. The minimum absolute atomic E-state index is 0.0965. The summed E-state index contributed by atoms with van der Waals surface area (Å²) in [6.07, 6.45) is 1.12. The van der Waals surface area contributed by atoms with Gasteiger partial charge < -0.3 is 10.2 Å². The Morgan fingerprint density at radius 3 is 2.35 bits per heavy atom. The van der Waals surface area contributed by atoms with Crippen LogP contribution in [0.2, 0.25) is 0 Å². The fraction of sp³-hybridized carbons (Fsp3) is 0.188. The molecular formula is C16H18N2O4S. The number of nitrogens with zero attached hydrogens (tertiary/aromatic N) is 1. The zero-order chi connectivity index (χ0) is 17.0. The van der Waals surface area contributed by atoms with E-state index in [1.54, 1.807) is 12.1 Å². The van der Waals surface area contributed by atoms with E-state index < -0.39 is 10.0 Å². The van der Waals surface area contributed by atoms with Crippen molar-refractivity contribution in [2.75, 3.05) is 0 Å². The predicted molar refractivity (Wildman–Crippen MR) is 88.2 cm³/mol. The molecule has 0 bridgehead atoms. The van der Waals surface area contributed by atoms with Crippen LogP contribution in [0.1, 0.15) is 30.9 Å². The maximum Gasteiger partial charge on any atom is 0.276 e. The van der Waals surface area contributed by atoms with Crippen molar-refractivity contribution in [2.24, 2.45) is 5.10 Å². The average Bonchev–Trinajstić information content (AvgIpc) is 2.51. The summed E-state index contributed by atoms with van der Waals surface area (Å²) in [5, 5.41) is 22.6. The third kappa shape index (κ3) is 4.01. The lowest BCUT2D eigenvalue weighted by molar-refractivity contribution is 0.403. The van der Waals surface area contributed by atoms with Crippen LogP contribution in [0.4, 0.5) is 0 Å². The van der Waals surface area contributed by atoms with Crippen LogP contribution in [-0.4, -0.2) is 24.8 Å². The van der Waals surface area contributed by atoms with E-state index in [1.165, 1.54) is 30.3 Å². The third-order valence-corrected chi connectivity index (χ3v) is 4.52. The highest BCUT2D eigenvalue weighted by atomic mass is 32.2. The molecular weight excluding hydrogens is 316 g/mol. The molecule has 3 N–H and O–H groups in total. The van der Waals surface area contributed by atoms with Crippen molar-refractivity contribution in [3.8, 4) is 11.5 Å². The van der Waals surface area contributed by atoms with E-state index in [0.717, 1.165) is 11.8 Å². The molecule has 6 nitrogen and oxygen atoms in total. The van der Waals surface area contributed by atoms with Gasteiger partial charge in [-0.3, -0.25) is 0 Å². The number of aromatic hydroxyl groups is 2. The smallest absolute Gasteiger partial charge is 0.276 e. The first-order valence-electron chi connectivity index (χ1n) is 6.97. The van der Waals surface area contributed by atoms with E-state index in [0.29, 0.717) is 5.92 Å². The second-order valence-corrected chi connectivity index (χ2v) is 6.95. The largest absolute Gasteiger partial charge is 0.504 e. The Hall–Kier alpha value is -2.54. The van der Waals surface area contributed by atoms with Gasteiger partial charge in [-0.15, -0.1) is 0 Å². The zero-order valence-corrected chi connectivity index (χ0v) is 13.6. The quantitative estimate of drug-likeness (QED) is 0.444. The Morgan fingerprint density at radius 1 is 1.09 bits per heavy atom. The van der Waals surface area contributed by atoms with Gasteiger partial charge in [-0.2, -0.15) is 13.5 Å². The number of phenolic OH excluding ortho intramolecular Hbond substituents is 2. The molecule has 0 radical (unpaired) electrons. The summed E-state index contributed by atoms with van der Waals surface area (Å²) in [5.41, 5.74) is 1.24. The Bertz CT molecular complexity index is 812. The molecule has 0 aliphatic heterocycles. The molecule has 2 aromatic carbocycles. The monoisotopic (exact) mass is 334 g/mol. The summed E-state index contributed by atoms with van der Waals surface area (Å²) >= 11 is 0. The van der Waals surface area contributed by atoms with Gasteiger partial charge in [-0.1, -0.05) is 32.0 Å². The number of hydrazone groups is 1. The third-order valence-electron chi connectivity index (χ3n) is 3.28. The van der Waals surface area contributed by atoms with Gasteiger partial charge in [0.05, 0.1) is 11.1 Å².